The molecule has 1 aromatic carbocycles. The number of anilines is 2. The molecule has 0 bridgehead atoms. The van der Waals surface area contributed by atoms with Crippen molar-refractivity contribution < 1.29 is 4.74 Å². The lowest BCUT2D eigenvalue weighted by molar-refractivity contribution is 0.307. The molecule has 0 saturated heterocycles. The van der Waals surface area contributed by atoms with Gasteiger partial charge in [-0.05, 0) is 43.2 Å². The number of ether oxygens (including phenoxy) is 1. The molecule has 0 spiro atoms. The quantitative estimate of drug-likeness (QED) is 0.811. The van der Waals surface area contributed by atoms with E-state index in [-0.39, 0.29) is 6.04 Å². The van der Waals surface area contributed by atoms with Crippen LogP contribution in [0, 0.1) is 0 Å². The molecule has 0 saturated carbocycles. The zero-order chi connectivity index (χ0) is 15.2. The Hall–Kier alpha value is -1.75. The van der Waals surface area contributed by atoms with E-state index in [1.807, 2.05) is 31.2 Å². The predicted octanol–water partition coefficient (Wildman–Crippen LogP) is 4.39. The van der Waals surface area contributed by atoms with E-state index in [9.17, 15) is 0 Å². The summed E-state index contributed by atoms with van der Waals surface area (Å²) in [5.74, 6) is 1.24. The normalized spacial score (nSPS) is 12.0. The van der Waals surface area contributed by atoms with Gasteiger partial charge in [0.15, 0.2) is 0 Å². The highest BCUT2D eigenvalue weighted by Crippen LogP contribution is 2.25. The summed E-state index contributed by atoms with van der Waals surface area (Å²) in [6.45, 7) is 4.75. The summed E-state index contributed by atoms with van der Waals surface area (Å²) in [4.78, 5) is 4.43. The maximum Gasteiger partial charge on any atom is 0.239 e. The van der Waals surface area contributed by atoms with E-state index in [2.05, 4.69) is 45.3 Å². The molecule has 1 atom stereocenters. The molecular formula is C16H20BrN3O. The molecule has 3 N–H and O–H groups in total. The summed E-state index contributed by atoms with van der Waals surface area (Å²) in [6.07, 6.45) is 0.924. The first-order chi connectivity index (χ1) is 10.1. The second-order valence-corrected chi connectivity index (χ2v) is 5.78. The van der Waals surface area contributed by atoms with Crippen LogP contribution in [0.1, 0.15) is 31.9 Å². The third-order valence-electron chi connectivity index (χ3n) is 3.05. The van der Waals surface area contributed by atoms with Crippen molar-refractivity contribution in [2.24, 2.45) is 0 Å². The molecule has 0 radical (unpaired) electrons. The molecule has 0 aliphatic carbocycles. The van der Waals surface area contributed by atoms with Crippen LogP contribution in [0.5, 0.6) is 5.88 Å². The van der Waals surface area contributed by atoms with Crippen molar-refractivity contribution in [3.63, 3.8) is 0 Å². The smallest absolute Gasteiger partial charge is 0.239 e. The first-order valence-corrected chi connectivity index (χ1v) is 7.80. The Balaban J connectivity index is 2.11. The SMILES string of the molecule is CCCOc1nc(NC(C)c2cccc(Br)c2)ccc1N. The summed E-state index contributed by atoms with van der Waals surface area (Å²) < 4.78 is 6.61. The van der Waals surface area contributed by atoms with Gasteiger partial charge in [-0.2, -0.15) is 4.98 Å². The van der Waals surface area contributed by atoms with Crippen LogP contribution in [0.25, 0.3) is 0 Å². The van der Waals surface area contributed by atoms with E-state index in [4.69, 9.17) is 10.5 Å². The van der Waals surface area contributed by atoms with Crippen LogP contribution >= 0.6 is 15.9 Å². The fraction of sp³-hybridized carbons (Fsp3) is 0.312. The standard InChI is InChI=1S/C16H20BrN3O/c1-3-9-21-16-14(18)7-8-15(20-16)19-11(2)12-5-4-6-13(17)10-12/h4-8,10-11H,3,9,18H2,1-2H3,(H,19,20). The van der Waals surface area contributed by atoms with Crippen LogP contribution in [0.15, 0.2) is 40.9 Å². The Morgan fingerprint density at radius 3 is 2.86 bits per heavy atom. The highest BCUT2D eigenvalue weighted by molar-refractivity contribution is 9.10. The third kappa shape index (κ3) is 4.36. The second kappa shape index (κ2) is 7.31. The number of nitrogens with zero attached hydrogens (tertiary/aromatic N) is 1. The summed E-state index contributed by atoms with van der Waals surface area (Å²) >= 11 is 3.49. The van der Waals surface area contributed by atoms with Gasteiger partial charge < -0.3 is 15.8 Å². The average Bonchev–Trinajstić information content (AvgIpc) is 2.47. The fourth-order valence-corrected chi connectivity index (χ4v) is 2.34. The summed E-state index contributed by atoms with van der Waals surface area (Å²) in [7, 11) is 0. The maximum atomic E-state index is 5.87. The van der Waals surface area contributed by atoms with Crippen LogP contribution in [0.2, 0.25) is 0 Å². The van der Waals surface area contributed by atoms with Gasteiger partial charge in [0.1, 0.15) is 5.82 Å². The average molecular weight is 350 g/mol. The molecule has 2 aromatic rings. The third-order valence-corrected chi connectivity index (χ3v) is 3.54. The molecule has 2 rings (SSSR count). The molecule has 21 heavy (non-hydrogen) atoms. The van der Waals surface area contributed by atoms with E-state index in [0.29, 0.717) is 18.2 Å². The number of hydrogen-bond donors (Lipinski definition) is 2. The van der Waals surface area contributed by atoms with Crippen molar-refractivity contribution in [3.05, 3.63) is 46.4 Å². The Morgan fingerprint density at radius 2 is 2.14 bits per heavy atom. The molecule has 4 nitrogen and oxygen atoms in total. The van der Waals surface area contributed by atoms with Gasteiger partial charge in [-0.25, -0.2) is 0 Å². The van der Waals surface area contributed by atoms with Gasteiger partial charge in [0.25, 0.3) is 0 Å². The number of rotatable bonds is 6. The monoisotopic (exact) mass is 349 g/mol. The summed E-state index contributed by atoms with van der Waals surface area (Å²) in [5.41, 5.74) is 7.61. The first-order valence-electron chi connectivity index (χ1n) is 7.01. The van der Waals surface area contributed by atoms with Crippen molar-refractivity contribution in [2.75, 3.05) is 17.7 Å². The molecule has 112 valence electrons. The lowest BCUT2D eigenvalue weighted by atomic mass is 10.1. The molecular weight excluding hydrogens is 330 g/mol. The molecule has 0 aliphatic rings. The first kappa shape index (κ1) is 15.6. The van der Waals surface area contributed by atoms with E-state index >= 15 is 0 Å². The highest BCUT2D eigenvalue weighted by Gasteiger charge is 2.09. The Morgan fingerprint density at radius 1 is 1.33 bits per heavy atom. The van der Waals surface area contributed by atoms with Crippen LogP contribution < -0.4 is 15.8 Å². The number of pyridine rings is 1. The summed E-state index contributed by atoms with van der Waals surface area (Å²) in [5, 5.41) is 3.36. The lowest BCUT2D eigenvalue weighted by Gasteiger charge is -2.16. The van der Waals surface area contributed by atoms with Crippen molar-refractivity contribution >= 4 is 27.4 Å². The van der Waals surface area contributed by atoms with E-state index in [1.165, 1.54) is 5.56 Å². The molecule has 1 heterocycles. The number of nitrogen functional groups attached to an aromatic ring is 1. The summed E-state index contributed by atoms with van der Waals surface area (Å²) in [6, 6.07) is 12.0. The molecule has 0 amide bonds. The van der Waals surface area contributed by atoms with Crippen molar-refractivity contribution in [2.45, 2.75) is 26.3 Å². The van der Waals surface area contributed by atoms with Crippen LogP contribution in [0.3, 0.4) is 0 Å². The van der Waals surface area contributed by atoms with Gasteiger partial charge >= 0.3 is 0 Å². The largest absolute Gasteiger partial charge is 0.476 e. The molecule has 0 fully saturated rings. The number of hydrogen-bond acceptors (Lipinski definition) is 4. The molecule has 0 aliphatic heterocycles. The maximum absolute atomic E-state index is 5.87. The predicted molar refractivity (Wildman–Crippen MR) is 90.6 cm³/mol. The number of nitrogens with two attached hydrogens (primary N) is 1. The number of nitrogens with one attached hydrogen (secondary N) is 1. The Bertz CT molecular complexity index is 604. The van der Waals surface area contributed by atoms with Gasteiger partial charge in [-0.1, -0.05) is 35.0 Å². The minimum atomic E-state index is 0.137. The van der Waals surface area contributed by atoms with Gasteiger partial charge in [0, 0.05) is 10.5 Å². The van der Waals surface area contributed by atoms with Crippen molar-refractivity contribution in [3.8, 4) is 5.88 Å². The van der Waals surface area contributed by atoms with Crippen LogP contribution in [0.4, 0.5) is 11.5 Å². The van der Waals surface area contributed by atoms with Gasteiger partial charge in [-0.3, -0.25) is 0 Å². The highest BCUT2D eigenvalue weighted by atomic mass is 79.9. The van der Waals surface area contributed by atoms with Crippen molar-refractivity contribution in [1.29, 1.82) is 0 Å². The topological polar surface area (TPSA) is 60.2 Å². The second-order valence-electron chi connectivity index (χ2n) is 4.86. The number of aromatic nitrogens is 1. The minimum Gasteiger partial charge on any atom is -0.476 e. The van der Waals surface area contributed by atoms with Gasteiger partial charge in [0.2, 0.25) is 5.88 Å². The van der Waals surface area contributed by atoms with Gasteiger partial charge in [0.05, 0.1) is 12.3 Å². The molecule has 1 unspecified atom stereocenters. The number of benzene rings is 1. The van der Waals surface area contributed by atoms with Gasteiger partial charge in [-0.15, -0.1) is 0 Å². The Labute approximate surface area is 133 Å². The lowest BCUT2D eigenvalue weighted by Crippen LogP contribution is -2.09. The molecule has 1 aromatic heterocycles. The van der Waals surface area contributed by atoms with Crippen LogP contribution in [-0.2, 0) is 0 Å². The zero-order valence-electron chi connectivity index (χ0n) is 12.3. The fourth-order valence-electron chi connectivity index (χ4n) is 1.93. The number of halogens is 1. The van der Waals surface area contributed by atoms with Crippen LogP contribution in [-0.4, -0.2) is 11.6 Å². The Kier molecular flexibility index (Phi) is 5.44. The molecule has 5 heteroatoms. The van der Waals surface area contributed by atoms with E-state index in [0.717, 1.165) is 16.7 Å². The minimum absolute atomic E-state index is 0.137. The van der Waals surface area contributed by atoms with E-state index in [1.54, 1.807) is 0 Å². The van der Waals surface area contributed by atoms with Crippen molar-refractivity contribution in [1.82, 2.24) is 4.98 Å². The zero-order valence-corrected chi connectivity index (χ0v) is 13.9. The van der Waals surface area contributed by atoms with E-state index < -0.39 is 0 Å².